The molecule has 0 bridgehead atoms. The summed E-state index contributed by atoms with van der Waals surface area (Å²) in [7, 11) is 0. The van der Waals surface area contributed by atoms with E-state index in [-0.39, 0.29) is 30.1 Å². The zero-order chi connectivity index (χ0) is 11.0. The average Bonchev–Trinajstić information content (AvgIpc) is 2.86. The van der Waals surface area contributed by atoms with Crippen LogP contribution in [0.3, 0.4) is 0 Å². The van der Waals surface area contributed by atoms with Crippen LogP contribution in [0.5, 0.6) is 0 Å². The van der Waals surface area contributed by atoms with Crippen molar-refractivity contribution in [2.45, 2.75) is 38.6 Å². The van der Waals surface area contributed by atoms with E-state index < -0.39 is 6.10 Å². The fourth-order valence-electron chi connectivity index (χ4n) is 1.99. The van der Waals surface area contributed by atoms with Crippen LogP contribution in [0.4, 0.5) is 0 Å². The second kappa shape index (κ2) is 3.81. The molecule has 4 unspecified atom stereocenters. The quantitative estimate of drug-likeness (QED) is 0.617. The Morgan fingerprint density at radius 3 is 2.47 bits per heavy atom. The fraction of sp³-hybridized carbons (Fsp3) is 0.800. The SMILES string of the molecule is CC(=O)OC1COC2CC2C1OC(C)=O. The van der Waals surface area contributed by atoms with E-state index in [1.807, 2.05) is 0 Å². The number of hydrogen-bond donors (Lipinski definition) is 0. The molecule has 84 valence electrons. The topological polar surface area (TPSA) is 61.8 Å². The monoisotopic (exact) mass is 214 g/mol. The van der Waals surface area contributed by atoms with Gasteiger partial charge in [-0.1, -0.05) is 0 Å². The van der Waals surface area contributed by atoms with Crippen LogP contribution in [-0.2, 0) is 23.8 Å². The summed E-state index contributed by atoms with van der Waals surface area (Å²) in [4.78, 5) is 21.7. The maximum atomic E-state index is 10.9. The van der Waals surface area contributed by atoms with Gasteiger partial charge in [0.05, 0.1) is 12.7 Å². The Morgan fingerprint density at radius 2 is 1.87 bits per heavy atom. The van der Waals surface area contributed by atoms with Crippen LogP contribution >= 0.6 is 0 Å². The molecule has 0 aromatic rings. The molecule has 0 aromatic carbocycles. The van der Waals surface area contributed by atoms with Gasteiger partial charge in [-0.15, -0.1) is 0 Å². The van der Waals surface area contributed by atoms with Crippen molar-refractivity contribution in [2.75, 3.05) is 6.61 Å². The van der Waals surface area contributed by atoms with E-state index in [0.29, 0.717) is 6.61 Å². The predicted molar refractivity (Wildman–Crippen MR) is 49.0 cm³/mol. The van der Waals surface area contributed by atoms with Crippen molar-refractivity contribution in [1.82, 2.24) is 0 Å². The Balaban J connectivity index is 1.99. The number of carbonyl (C=O) groups is 2. The molecule has 15 heavy (non-hydrogen) atoms. The molecule has 1 aliphatic carbocycles. The highest BCUT2D eigenvalue weighted by atomic mass is 16.6. The Morgan fingerprint density at radius 1 is 1.20 bits per heavy atom. The summed E-state index contributed by atoms with van der Waals surface area (Å²) < 4.78 is 15.6. The second-order valence-electron chi connectivity index (χ2n) is 3.99. The highest BCUT2D eigenvalue weighted by Crippen LogP contribution is 2.43. The first-order valence-corrected chi connectivity index (χ1v) is 5.04. The van der Waals surface area contributed by atoms with Crippen LogP contribution in [0.15, 0.2) is 0 Å². The van der Waals surface area contributed by atoms with E-state index in [9.17, 15) is 9.59 Å². The van der Waals surface area contributed by atoms with Gasteiger partial charge >= 0.3 is 11.9 Å². The highest BCUT2D eigenvalue weighted by Gasteiger charge is 2.54. The summed E-state index contributed by atoms with van der Waals surface area (Å²) >= 11 is 0. The molecular weight excluding hydrogens is 200 g/mol. The van der Waals surface area contributed by atoms with Crippen LogP contribution in [-0.4, -0.2) is 36.9 Å². The molecule has 2 fully saturated rings. The van der Waals surface area contributed by atoms with Crippen molar-refractivity contribution in [3.8, 4) is 0 Å². The third-order valence-electron chi connectivity index (χ3n) is 2.66. The normalized spacial score (nSPS) is 37.7. The summed E-state index contributed by atoms with van der Waals surface area (Å²) in [5.41, 5.74) is 0. The van der Waals surface area contributed by atoms with Crippen LogP contribution in [0, 0.1) is 5.92 Å². The van der Waals surface area contributed by atoms with E-state index in [4.69, 9.17) is 14.2 Å². The number of ether oxygens (including phenoxy) is 3. The molecule has 0 N–H and O–H groups in total. The van der Waals surface area contributed by atoms with Crippen molar-refractivity contribution in [1.29, 1.82) is 0 Å². The van der Waals surface area contributed by atoms with Gasteiger partial charge in [0.1, 0.15) is 6.10 Å². The van der Waals surface area contributed by atoms with Gasteiger partial charge in [-0.25, -0.2) is 0 Å². The van der Waals surface area contributed by atoms with Gasteiger partial charge in [-0.3, -0.25) is 9.59 Å². The minimum Gasteiger partial charge on any atom is -0.458 e. The molecule has 1 heterocycles. The zero-order valence-electron chi connectivity index (χ0n) is 8.76. The van der Waals surface area contributed by atoms with E-state index in [1.54, 1.807) is 0 Å². The van der Waals surface area contributed by atoms with E-state index in [0.717, 1.165) is 6.42 Å². The number of fused-ring (bicyclic) bond motifs is 1. The average molecular weight is 214 g/mol. The Kier molecular flexibility index (Phi) is 2.65. The summed E-state index contributed by atoms with van der Waals surface area (Å²) in [5.74, 6) is -0.517. The van der Waals surface area contributed by atoms with Crippen molar-refractivity contribution in [3.05, 3.63) is 0 Å². The molecular formula is C10H14O5. The van der Waals surface area contributed by atoms with Gasteiger partial charge in [0, 0.05) is 19.8 Å². The van der Waals surface area contributed by atoms with Crippen LogP contribution < -0.4 is 0 Å². The Labute approximate surface area is 87.7 Å². The fourth-order valence-corrected chi connectivity index (χ4v) is 1.99. The summed E-state index contributed by atoms with van der Waals surface area (Å²) in [6, 6.07) is 0. The van der Waals surface area contributed by atoms with Gasteiger partial charge in [0.2, 0.25) is 0 Å². The van der Waals surface area contributed by atoms with Crippen LogP contribution in [0.1, 0.15) is 20.3 Å². The molecule has 2 aliphatic rings. The van der Waals surface area contributed by atoms with Gasteiger partial charge in [0.15, 0.2) is 6.10 Å². The maximum Gasteiger partial charge on any atom is 0.303 e. The van der Waals surface area contributed by atoms with Crippen molar-refractivity contribution < 1.29 is 23.8 Å². The molecule has 1 aliphatic heterocycles. The lowest BCUT2D eigenvalue weighted by Gasteiger charge is -2.29. The van der Waals surface area contributed by atoms with E-state index in [2.05, 4.69) is 0 Å². The molecule has 5 nitrogen and oxygen atoms in total. The van der Waals surface area contributed by atoms with E-state index in [1.165, 1.54) is 13.8 Å². The standard InChI is InChI=1S/C10H14O5/c1-5(11)14-9-4-13-8-3-7(8)10(9)15-6(2)12/h7-10H,3-4H2,1-2H3. The number of esters is 2. The third kappa shape index (κ3) is 2.28. The summed E-state index contributed by atoms with van der Waals surface area (Å²) in [6.45, 7) is 3.01. The third-order valence-corrected chi connectivity index (χ3v) is 2.66. The van der Waals surface area contributed by atoms with Gasteiger partial charge in [0.25, 0.3) is 0 Å². The first-order valence-electron chi connectivity index (χ1n) is 5.04. The van der Waals surface area contributed by atoms with Gasteiger partial charge in [-0.2, -0.15) is 0 Å². The molecule has 0 amide bonds. The Hall–Kier alpha value is -1.10. The lowest BCUT2D eigenvalue weighted by molar-refractivity contribution is -0.180. The molecule has 0 radical (unpaired) electrons. The maximum absolute atomic E-state index is 10.9. The number of hydrogen-bond acceptors (Lipinski definition) is 5. The summed E-state index contributed by atoms with van der Waals surface area (Å²) in [5, 5.41) is 0. The van der Waals surface area contributed by atoms with Gasteiger partial charge < -0.3 is 14.2 Å². The molecule has 4 atom stereocenters. The zero-order valence-corrected chi connectivity index (χ0v) is 8.76. The van der Waals surface area contributed by atoms with E-state index >= 15 is 0 Å². The first-order chi connectivity index (χ1) is 7.08. The van der Waals surface area contributed by atoms with Crippen LogP contribution in [0.25, 0.3) is 0 Å². The first kappa shape index (κ1) is 10.4. The minimum atomic E-state index is -0.449. The van der Waals surface area contributed by atoms with Crippen LogP contribution in [0.2, 0.25) is 0 Å². The highest BCUT2D eigenvalue weighted by molar-refractivity contribution is 5.67. The Bertz CT molecular complexity index is 288. The molecule has 0 spiro atoms. The molecule has 0 aromatic heterocycles. The lowest BCUT2D eigenvalue weighted by Crippen LogP contribution is -2.43. The molecule has 1 saturated heterocycles. The smallest absolute Gasteiger partial charge is 0.303 e. The predicted octanol–water partition coefficient (Wildman–Crippen LogP) is 0.268. The minimum absolute atomic E-state index is 0.182. The lowest BCUT2D eigenvalue weighted by atomic mass is 10.1. The summed E-state index contributed by atoms with van der Waals surface area (Å²) in [6.07, 6.45) is 0.289. The number of rotatable bonds is 2. The van der Waals surface area contributed by atoms with Crippen molar-refractivity contribution in [2.24, 2.45) is 5.92 Å². The van der Waals surface area contributed by atoms with Crippen molar-refractivity contribution in [3.63, 3.8) is 0 Å². The largest absolute Gasteiger partial charge is 0.458 e. The number of carbonyl (C=O) groups excluding carboxylic acids is 2. The van der Waals surface area contributed by atoms with Gasteiger partial charge in [-0.05, 0) is 6.42 Å². The second-order valence-corrected chi connectivity index (χ2v) is 3.99. The molecule has 5 heteroatoms. The van der Waals surface area contributed by atoms with Crippen molar-refractivity contribution >= 4 is 11.9 Å². The molecule has 1 saturated carbocycles. The molecule has 2 rings (SSSR count).